The van der Waals surface area contributed by atoms with Crippen LogP contribution in [0.15, 0.2) is 22.7 Å². The van der Waals surface area contributed by atoms with Crippen LogP contribution in [0.1, 0.15) is 12.5 Å². The van der Waals surface area contributed by atoms with Gasteiger partial charge in [-0.25, -0.2) is 4.79 Å². The van der Waals surface area contributed by atoms with Gasteiger partial charge in [0.05, 0.1) is 4.47 Å². The van der Waals surface area contributed by atoms with E-state index < -0.39 is 18.0 Å². The van der Waals surface area contributed by atoms with Crippen molar-refractivity contribution >= 4 is 27.9 Å². The predicted molar refractivity (Wildman–Crippen MR) is 74.7 cm³/mol. The number of benzene rings is 1. The zero-order chi connectivity index (χ0) is 14.4. The summed E-state index contributed by atoms with van der Waals surface area (Å²) in [6.07, 6.45) is -0.794. The number of halogens is 1. The summed E-state index contributed by atoms with van der Waals surface area (Å²) in [5.74, 6) is -0.00842. The van der Waals surface area contributed by atoms with Crippen LogP contribution < -0.4 is 21.1 Å². The number of hydrogen-bond acceptors (Lipinski definition) is 4. The summed E-state index contributed by atoms with van der Waals surface area (Å²) in [7, 11) is 1.43. The Morgan fingerprint density at radius 2 is 2.16 bits per heavy atom. The molecule has 1 rings (SSSR count). The van der Waals surface area contributed by atoms with Gasteiger partial charge in [-0.3, -0.25) is 10.1 Å². The van der Waals surface area contributed by atoms with Gasteiger partial charge in [-0.1, -0.05) is 6.07 Å². The van der Waals surface area contributed by atoms with Crippen molar-refractivity contribution in [3.8, 4) is 5.75 Å². The molecule has 1 atom stereocenters. The van der Waals surface area contributed by atoms with E-state index in [0.717, 1.165) is 5.56 Å². The third-order valence-electron chi connectivity index (χ3n) is 2.37. The van der Waals surface area contributed by atoms with Crippen LogP contribution >= 0.6 is 15.9 Å². The number of urea groups is 1. The molecular weight excluding hydrogens is 314 g/mol. The molecule has 0 aliphatic carbocycles. The average molecular weight is 330 g/mol. The molecule has 0 aliphatic heterocycles. The molecule has 19 heavy (non-hydrogen) atoms. The lowest BCUT2D eigenvalue weighted by atomic mass is 10.2. The number of carbonyl (C=O) groups is 2. The van der Waals surface area contributed by atoms with Crippen LogP contribution in [0.2, 0.25) is 0 Å². The van der Waals surface area contributed by atoms with Gasteiger partial charge in [0, 0.05) is 13.6 Å². The first-order valence-electron chi connectivity index (χ1n) is 5.65. The Balaban J connectivity index is 2.68. The minimum atomic E-state index is -0.794. The van der Waals surface area contributed by atoms with Gasteiger partial charge in [0.15, 0.2) is 6.10 Å². The number of nitrogens with one attached hydrogen (secondary N) is 2. The first kappa shape index (κ1) is 15.5. The smallest absolute Gasteiger partial charge is 0.321 e. The van der Waals surface area contributed by atoms with Gasteiger partial charge in [-0.15, -0.1) is 0 Å². The topological polar surface area (TPSA) is 93.5 Å². The van der Waals surface area contributed by atoms with Crippen molar-refractivity contribution in [1.29, 1.82) is 0 Å². The molecule has 0 spiro atoms. The van der Waals surface area contributed by atoms with Crippen molar-refractivity contribution in [2.24, 2.45) is 5.73 Å². The van der Waals surface area contributed by atoms with E-state index >= 15 is 0 Å². The summed E-state index contributed by atoms with van der Waals surface area (Å²) < 4.78 is 6.18. The van der Waals surface area contributed by atoms with E-state index in [1.807, 2.05) is 12.1 Å². The second-order valence-electron chi connectivity index (χ2n) is 3.80. The van der Waals surface area contributed by atoms with Crippen molar-refractivity contribution in [3.05, 3.63) is 28.2 Å². The van der Waals surface area contributed by atoms with Crippen LogP contribution in [0, 0.1) is 0 Å². The van der Waals surface area contributed by atoms with Crippen LogP contribution in [0.3, 0.4) is 0 Å². The highest BCUT2D eigenvalue weighted by molar-refractivity contribution is 9.10. The Labute approximate surface area is 119 Å². The number of hydrogen-bond donors (Lipinski definition) is 3. The SMILES string of the molecule is CNC(=O)NC(=O)C(C)Oc1ccc(CN)cc1Br. The standard InChI is InChI=1S/C12H16BrN3O3/c1-7(11(17)16-12(18)15-2)19-10-4-3-8(6-14)5-9(10)13/h3-5,7H,6,14H2,1-2H3,(H2,15,16,17,18). The van der Waals surface area contributed by atoms with E-state index in [-0.39, 0.29) is 0 Å². The summed E-state index contributed by atoms with van der Waals surface area (Å²) in [6.45, 7) is 1.98. The Morgan fingerprint density at radius 3 is 2.68 bits per heavy atom. The van der Waals surface area contributed by atoms with Crippen LogP contribution in [-0.4, -0.2) is 25.1 Å². The molecule has 0 saturated carbocycles. The summed E-state index contributed by atoms with van der Waals surface area (Å²) in [5, 5.41) is 4.43. The van der Waals surface area contributed by atoms with E-state index in [4.69, 9.17) is 10.5 Å². The zero-order valence-electron chi connectivity index (χ0n) is 10.7. The maximum absolute atomic E-state index is 11.6. The van der Waals surface area contributed by atoms with Gasteiger partial charge in [0.2, 0.25) is 0 Å². The molecule has 1 aromatic rings. The molecule has 7 heteroatoms. The number of nitrogens with two attached hydrogens (primary N) is 1. The Hall–Kier alpha value is -1.60. The molecule has 0 saturated heterocycles. The Bertz CT molecular complexity index is 479. The highest BCUT2D eigenvalue weighted by Gasteiger charge is 2.17. The molecule has 1 unspecified atom stereocenters. The molecule has 1 aromatic carbocycles. The summed E-state index contributed by atoms with van der Waals surface area (Å²) >= 11 is 3.34. The maximum atomic E-state index is 11.6. The molecule has 0 aromatic heterocycles. The van der Waals surface area contributed by atoms with Gasteiger partial charge >= 0.3 is 6.03 Å². The van der Waals surface area contributed by atoms with E-state index in [9.17, 15) is 9.59 Å². The van der Waals surface area contributed by atoms with Gasteiger partial charge in [0.1, 0.15) is 5.75 Å². The zero-order valence-corrected chi connectivity index (χ0v) is 12.3. The van der Waals surface area contributed by atoms with Gasteiger partial charge in [-0.05, 0) is 40.5 Å². The van der Waals surface area contributed by atoms with Crippen molar-refractivity contribution in [3.63, 3.8) is 0 Å². The molecule has 6 nitrogen and oxygen atoms in total. The molecule has 0 aliphatic rings. The molecule has 0 fully saturated rings. The fourth-order valence-electron chi connectivity index (χ4n) is 1.29. The lowest BCUT2D eigenvalue weighted by Crippen LogP contribution is -2.44. The number of carbonyl (C=O) groups excluding carboxylic acids is 2. The molecular formula is C12H16BrN3O3. The fraction of sp³-hybridized carbons (Fsp3) is 0.333. The second-order valence-corrected chi connectivity index (χ2v) is 4.65. The van der Waals surface area contributed by atoms with Gasteiger partial charge < -0.3 is 15.8 Å². The van der Waals surface area contributed by atoms with Crippen molar-refractivity contribution in [2.75, 3.05) is 7.05 Å². The molecule has 0 radical (unpaired) electrons. The second kappa shape index (κ2) is 7.10. The third kappa shape index (κ3) is 4.53. The lowest BCUT2D eigenvalue weighted by Gasteiger charge is -2.15. The normalized spacial score (nSPS) is 11.6. The van der Waals surface area contributed by atoms with Crippen LogP contribution in [0.25, 0.3) is 0 Å². The molecule has 4 N–H and O–H groups in total. The van der Waals surface area contributed by atoms with E-state index in [1.54, 1.807) is 13.0 Å². The Kier molecular flexibility index (Phi) is 5.78. The minimum Gasteiger partial charge on any atom is -0.480 e. The molecule has 104 valence electrons. The number of ether oxygens (including phenoxy) is 1. The quantitative estimate of drug-likeness (QED) is 0.771. The first-order valence-corrected chi connectivity index (χ1v) is 6.45. The highest BCUT2D eigenvalue weighted by atomic mass is 79.9. The predicted octanol–water partition coefficient (Wildman–Crippen LogP) is 1.13. The third-order valence-corrected chi connectivity index (χ3v) is 2.99. The molecule has 0 heterocycles. The number of imide groups is 1. The van der Waals surface area contributed by atoms with Crippen LogP contribution in [0.5, 0.6) is 5.75 Å². The van der Waals surface area contributed by atoms with Crippen LogP contribution in [0.4, 0.5) is 4.79 Å². The average Bonchev–Trinajstić information content (AvgIpc) is 2.40. The largest absolute Gasteiger partial charge is 0.480 e. The fourth-order valence-corrected chi connectivity index (χ4v) is 1.81. The van der Waals surface area contributed by atoms with Crippen LogP contribution in [-0.2, 0) is 11.3 Å². The monoisotopic (exact) mass is 329 g/mol. The van der Waals surface area contributed by atoms with E-state index in [2.05, 4.69) is 26.6 Å². The first-order chi connectivity index (χ1) is 8.97. The summed E-state index contributed by atoms with van der Waals surface area (Å²) in [5.41, 5.74) is 6.46. The van der Waals surface area contributed by atoms with Gasteiger partial charge in [-0.2, -0.15) is 0 Å². The van der Waals surface area contributed by atoms with E-state index in [0.29, 0.717) is 16.8 Å². The van der Waals surface area contributed by atoms with Gasteiger partial charge in [0.25, 0.3) is 5.91 Å². The molecule has 0 bridgehead atoms. The van der Waals surface area contributed by atoms with E-state index in [1.165, 1.54) is 7.05 Å². The lowest BCUT2D eigenvalue weighted by molar-refractivity contribution is -0.126. The summed E-state index contributed by atoms with van der Waals surface area (Å²) in [6, 6.07) is 4.77. The maximum Gasteiger partial charge on any atom is 0.321 e. The van der Waals surface area contributed by atoms with Crippen molar-refractivity contribution < 1.29 is 14.3 Å². The summed E-state index contributed by atoms with van der Waals surface area (Å²) in [4.78, 5) is 22.6. The Morgan fingerprint density at radius 1 is 1.47 bits per heavy atom. The molecule has 3 amide bonds. The number of rotatable bonds is 4. The van der Waals surface area contributed by atoms with Crippen molar-refractivity contribution in [2.45, 2.75) is 19.6 Å². The van der Waals surface area contributed by atoms with Crippen molar-refractivity contribution in [1.82, 2.24) is 10.6 Å². The number of amides is 3. The highest BCUT2D eigenvalue weighted by Crippen LogP contribution is 2.26. The minimum absolute atomic E-state index is 0.422.